The molecule has 0 aliphatic rings. The highest BCUT2D eigenvalue weighted by Gasteiger charge is 2.33. The van der Waals surface area contributed by atoms with Gasteiger partial charge in [-0.25, -0.2) is 0 Å². The van der Waals surface area contributed by atoms with E-state index in [0.29, 0.717) is 12.4 Å². The molecule has 19 heavy (non-hydrogen) atoms. The van der Waals surface area contributed by atoms with Gasteiger partial charge in [-0.15, -0.1) is 11.6 Å². The second kappa shape index (κ2) is 6.51. The first-order valence-electron chi connectivity index (χ1n) is 6.22. The highest BCUT2D eigenvalue weighted by atomic mass is 35.5. The standard InChI is InChI=1S/C14H19ClF3N/c1-13(2,8-5-9-15)10-19-12-7-4-3-6-11(12)14(16,17)18/h3-4,6-7,19H,5,8-10H2,1-2H3. The molecule has 1 aromatic rings. The van der Waals surface area contributed by atoms with E-state index in [2.05, 4.69) is 5.32 Å². The molecule has 5 heteroatoms. The smallest absolute Gasteiger partial charge is 0.384 e. The zero-order valence-corrected chi connectivity index (χ0v) is 11.9. The van der Waals surface area contributed by atoms with E-state index >= 15 is 0 Å². The van der Waals surface area contributed by atoms with Crippen molar-refractivity contribution in [3.63, 3.8) is 0 Å². The van der Waals surface area contributed by atoms with Crippen molar-refractivity contribution < 1.29 is 13.2 Å². The molecule has 0 aromatic heterocycles. The van der Waals surface area contributed by atoms with Crippen LogP contribution >= 0.6 is 11.6 Å². The molecule has 0 radical (unpaired) electrons. The molecule has 0 aliphatic heterocycles. The number of para-hydroxylation sites is 1. The Morgan fingerprint density at radius 2 is 1.79 bits per heavy atom. The quantitative estimate of drug-likeness (QED) is 0.714. The van der Waals surface area contributed by atoms with E-state index in [1.165, 1.54) is 12.1 Å². The van der Waals surface area contributed by atoms with Crippen LogP contribution in [-0.2, 0) is 6.18 Å². The minimum absolute atomic E-state index is 0.0897. The molecule has 0 atom stereocenters. The van der Waals surface area contributed by atoms with Crippen LogP contribution in [0.25, 0.3) is 0 Å². The van der Waals surface area contributed by atoms with Gasteiger partial charge in [0.25, 0.3) is 0 Å². The molecule has 0 aliphatic carbocycles. The molecule has 0 bridgehead atoms. The Morgan fingerprint density at radius 3 is 2.37 bits per heavy atom. The third kappa shape index (κ3) is 5.31. The Labute approximate surface area is 117 Å². The van der Waals surface area contributed by atoms with Crippen molar-refractivity contribution in [1.82, 2.24) is 0 Å². The first-order chi connectivity index (χ1) is 8.76. The molecule has 0 fully saturated rings. The van der Waals surface area contributed by atoms with Crippen LogP contribution in [0, 0.1) is 5.41 Å². The Kier molecular flexibility index (Phi) is 5.53. The van der Waals surface area contributed by atoms with Crippen molar-refractivity contribution in [2.75, 3.05) is 17.7 Å². The summed E-state index contributed by atoms with van der Waals surface area (Å²) in [4.78, 5) is 0. The number of benzene rings is 1. The molecule has 0 saturated heterocycles. The molecule has 0 spiro atoms. The van der Waals surface area contributed by atoms with Gasteiger partial charge in [-0.1, -0.05) is 26.0 Å². The van der Waals surface area contributed by atoms with Crippen LogP contribution in [0.4, 0.5) is 18.9 Å². The Balaban J connectivity index is 2.73. The predicted octanol–water partition coefficient (Wildman–Crippen LogP) is 5.16. The van der Waals surface area contributed by atoms with Crippen LogP contribution in [0.15, 0.2) is 24.3 Å². The molecule has 0 unspecified atom stereocenters. The lowest BCUT2D eigenvalue weighted by molar-refractivity contribution is -0.137. The van der Waals surface area contributed by atoms with Crippen LogP contribution in [0.1, 0.15) is 32.3 Å². The SMILES string of the molecule is CC(C)(CCCCl)CNc1ccccc1C(F)(F)F. The number of anilines is 1. The molecule has 0 heterocycles. The van der Waals surface area contributed by atoms with Crippen molar-refractivity contribution in [3.8, 4) is 0 Å². The topological polar surface area (TPSA) is 12.0 Å². The largest absolute Gasteiger partial charge is 0.418 e. The van der Waals surface area contributed by atoms with E-state index in [9.17, 15) is 13.2 Å². The van der Waals surface area contributed by atoms with E-state index in [0.717, 1.165) is 18.9 Å². The Hall–Kier alpha value is -0.900. The van der Waals surface area contributed by atoms with Crippen LogP contribution in [-0.4, -0.2) is 12.4 Å². The average Bonchev–Trinajstić information content (AvgIpc) is 2.33. The first-order valence-corrected chi connectivity index (χ1v) is 6.76. The average molecular weight is 294 g/mol. The van der Waals surface area contributed by atoms with Gasteiger partial charge in [-0.3, -0.25) is 0 Å². The lowest BCUT2D eigenvalue weighted by Crippen LogP contribution is -2.24. The normalized spacial score (nSPS) is 12.5. The van der Waals surface area contributed by atoms with E-state index in [1.807, 2.05) is 13.8 Å². The van der Waals surface area contributed by atoms with Crippen molar-refractivity contribution >= 4 is 17.3 Å². The van der Waals surface area contributed by atoms with Gasteiger partial charge < -0.3 is 5.32 Å². The number of halogens is 4. The third-order valence-corrected chi connectivity index (χ3v) is 3.24. The number of hydrogen-bond donors (Lipinski definition) is 1. The Bertz CT molecular complexity index is 402. The monoisotopic (exact) mass is 293 g/mol. The summed E-state index contributed by atoms with van der Waals surface area (Å²) < 4.78 is 38.4. The van der Waals surface area contributed by atoms with E-state index in [-0.39, 0.29) is 11.1 Å². The third-order valence-electron chi connectivity index (χ3n) is 2.98. The molecule has 1 N–H and O–H groups in total. The molecule has 0 saturated carbocycles. The molecule has 1 aromatic carbocycles. The van der Waals surface area contributed by atoms with Gasteiger partial charge >= 0.3 is 6.18 Å². The first kappa shape index (κ1) is 16.2. The van der Waals surface area contributed by atoms with Crippen molar-refractivity contribution in [2.45, 2.75) is 32.9 Å². The van der Waals surface area contributed by atoms with E-state index in [1.54, 1.807) is 6.07 Å². The van der Waals surface area contributed by atoms with E-state index in [4.69, 9.17) is 11.6 Å². The Morgan fingerprint density at radius 1 is 1.16 bits per heavy atom. The molecule has 0 amide bonds. The van der Waals surface area contributed by atoms with Crippen LogP contribution in [0.5, 0.6) is 0 Å². The fraction of sp³-hybridized carbons (Fsp3) is 0.571. The number of nitrogens with one attached hydrogen (secondary N) is 1. The van der Waals surface area contributed by atoms with Crippen molar-refractivity contribution in [2.24, 2.45) is 5.41 Å². The second-order valence-electron chi connectivity index (χ2n) is 5.35. The maximum Gasteiger partial charge on any atom is 0.418 e. The van der Waals surface area contributed by atoms with Crippen molar-refractivity contribution in [3.05, 3.63) is 29.8 Å². The summed E-state index contributed by atoms with van der Waals surface area (Å²) in [5.41, 5.74) is -0.578. The molecule has 108 valence electrons. The van der Waals surface area contributed by atoms with Gasteiger partial charge in [0.15, 0.2) is 0 Å². The lowest BCUT2D eigenvalue weighted by atomic mass is 9.88. The summed E-state index contributed by atoms with van der Waals surface area (Å²) in [5, 5.41) is 2.91. The second-order valence-corrected chi connectivity index (χ2v) is 5.73. The van der Waals surface area contributed by atoms with Crippen LogP contribution < -0.4 is 5.32 Å². The zero-order valence-electron chi connectivity index (χ0n) is 11.1. The minimum atomic E-state index is -4.33. The van der Waals surface area contributed by atoms with Crippen molar-refractivity contribution in [1.29, 1.82) is 0 Å². The van der Waals surface area contributed by atoms with Gasteiger partial charge in [0.1, 0.15) is 0 Å². The predicted molar refractivity (Wildman–Crippen MR) is 73.7 cm³/mol. The maximum atomic E-state index is 12.8. The highest BCUT2D eigenvalue weighted by Crippen LogP contribution is 2.35. The number of rotatable bonds is 6. The number of alkyl halides is 4. The molecular formula is C14H19ClF3N. The molecule has 1 rings (SSSR count). The molecule has 1 nitrogen and oxygen atoms in total. The summed E-state index contributed by atoms with van der Waals surface area (Å²) in [6.45, 7) is 4.52. The lowest BCUT2D eigenvalue weighted by Gasteiger charge is -2.26. The van der Waals surface area contributed by atoms with Crippen LogP contribution in [0.2, 0.25) is 0 Å². The summed E-state index contributed by atoms with van der Waals surface area (Å²) in [6.07, 6.45) is -2.60. The summed E-state index contributed by atoms with van der Waals surface area (Å²) in [7, 11) is 0. The van der Waals surface area contributed by atoms with E-state index < -0.39 is 11.7 Å². The van der Waals surface area contributed by atoms with Gasteiger partial charge in [0, 0.05) is 18.1 Å². The van der Waals surface area contributed by atoms with Gasteiger partial charge in [0.05, 0.1) is 5.56 Å². The fourth-order valence-electron chi connectivity index (χ4n) is 1.85. The van der Waals surface area contributed by atoms with Gasteiger partial charge in [-0.05, 0) is 30.4 Å². The fourth-order valence-corrected chi connectivity index (χ4v) is 1.99. The highest BCUT2D eigenvalue weighted by molar-refractivity contribution is 6.17. The maximum absolute atomic E-state index is 12.8. The van der Waals surface area contributed by atoms with Crippen LogP contribution in [0.3, 0.4) is 0 Å². The number of hydrogen-bond acceptors (Lipinski definition) is 1. The zero-order chi connectivity index (χ0) is 14.5. The van der Waals surface area contributed by atoms with Gasteiger partial charge in [0.2, 0.25) is 0 Å². The summed E-state index contributed by atoms with van der Waals surface area (Å²) in [6, 6.07) is 5.55. The molecular weight excluding hydrogens is 275 g/mol. The summed E-state index contributed by atoms with van der Waals surface area (Å²) >= 11 is 5.64. The van der Waals surface area contributed by atoms with Gasteiger partial charge in [-0.2, -0.15) is 13.2 Å². The minimum Gasteiger partial charge on any atom is -0.384 e. The summed E-state index contributed by atoms with van der Waals surface area (Å²) in [5.74, 6) is 0.572.